The van der Waals surface area contributed by atoms with E-state index in [9.17, 15) is 13.9 Å². The van der Waals surface area contributed by atoms with Crippen LogP contribution in [-0.2, 0) is 42.9 Å². The summed E-state index contributed by atoms with van der Waals surface area (Å²) in [7, 11) is -7.28. The molecule has 0 aliphatic carbocycles. The van der Waals surface area contributed by atoms with Crippen LogP contribution in [0.3, 0.4) is 0 Å². The number of esters is 1. The lowest BCUT2D eigenvalue weighted by Crippen LogP contribution is -2.29. The maximum Gasteiger partial charge on any atom is 0.342 e. The lowest BCUT2D eigenvalue weighted by Gasteiger charge is -2.29. The number of hydrogen-bond acceptors (Lipinski definition) is 10. The molecular formula is C23H42O9P2S. The van der Waals surface area contributed by atoms with E-state index in [1.54, 1.807) is 47.6 Å². The molecule has 0 amide bonds. The molecule has 0 N–H and O–H groups in total. The fourth-order valence-electron chi connectivity index (χ4n) is 3.47. The van der Waals surface area contributed by atoms with Gasteiger partial charge in [-0.2, -0.15) is 0 Å². The minimum atomic E-state index is -3.86. The number of carbonyl (C=O) groups excluding carboxylic acids is 1. The zero-order valence-electron chi connectivity index (χ0n) is 22.1. The molecule has 9 nitrogen and oxygen atoms in total. The van der Waals surface area contributed by atoms with E-state index in [0.29, 0.717) is 17.1 Å². The van der Waals surface area contributed by atoms with Gasteiger partial charge >= 0.3 is 21.2 Å². The zero-order valence-corrected chi connectivity index (χ0v) is 24.7. The molecule has 2 atom stereocenters. The summed E-state index contributed by atoms with van der Waals surface area (Å²) in [4.78, 5) is 13.1. The third kappa shape index (κ3) is 9.66. The second-order valence-corrected chi connectivity index (χ2v) is 13.0. The van der Waals surface area contributed by atoms with Crippen LogP contribution in [0.1, 0.15) is 77.1 Å². The van der Waals surface area contributed by atoms with E-state index in [1.165, 1.54) is 11.8 Å². The Morgan fingerprint density at radius 2 is 1.51 bits per heavy atom. The summed E-state index contributed by atoms with van der Waals surface area (Å²) >= 11 is 1.35. The molecule has 0 bridgehead atoms. The average molecular weight is 557 g/mol. The van der Waals surface area contributed by atoms with Crippen molar-refractivity contribution in [2.45, 2.75) is 78.4 Å². The molecule has 0 aliphatic rings. The van der Waals surface area contributed by atoms with Crippen LogP contribution in [-0.4, -0.2) is 50.0 Å². The number of thioether (sulfide) groups is 1. The van der Waals surface area contributed by atoms with Crippen molar-refractivity contribution in [1.29, 1.82) is 0 Å². The van der Waals surface area contributed by atoms with E-state index in [2.05, 4.69) is 6.92 Å². The molecule has 1 heterocycles. The Labute approximate surface area is 214 Å². The molecule has 2 unspecified atom stereocenters. The second kappa shape index (κ2) is 16.3. The Balaban J connectivity index is 3.61. The minimum Gasteiger partial charge on any atom is -0.465 e. The lowest BCUT2D eigenvalue weighted by atomic mass is 10.2. The smallest absolute Gasteiger partial charge is 0.342 e. The standard InChI is InChI=1S/C23H42O9P2S/c1-8-14-15-35-22(23(24)27-9-2)21(34(26,30-12-5)31-13-6)20-16-19(18(7)32-20)17-33(25,28-10-3)29-11-4/h16,21-22H,8-15,17H2,1-7H3. The van der Waals surface area contributed by atoms with Crippen molar-refractivity contribution in [3.63, 3.8) is 0 Å². The van der Waals surface area contributed by atoms with Crippen LogP contribution in [0, 0.1) is 6.92 Å². The first-order valence-corrected chi connectivity index (χ1v) is 16.7. The van der Waals surface area contributed by atoms with Gasteiger partial charge < -0.3 is 27.2 Å². The van der Waals surface area contributed by atoms with E-state index < -0.39 is 32.1 Å². The number of furan rings is 1. The van der Waals surface area contributed by atoms with Gasteiger partial charge in [0.25, 0.3) is 0 Å². The first-order chi connectivity index (χ1) is 16.6. The highest BCUT2D eigenvalue weighted by Gasteiger charge is 2.49. The summed E-state index contributed by atoms with van der Waals surface area (Å²) in [5, 5.41) is -0.880. The first kappa shape index (κ1) is 32.4. The predicted molar refractivity (Wildman–Crippen MR) is 139 cm³/mol. The highest BCUT2D eigenvalue weighted by atomic mass is 32.2. The minimum absolute atomic E-state index is 0.0165. The molecule has 0 fully saturated rings. The van der Waals surface area contributed by atoms with Crippen LogP contribution in [0.15, 0.2) is 10.5 Å². The molecular weight excluding hydrogens is 514 g/mol. The van der Waals surface area contributed by atoms with Gasteiger partial charge in [-0.1, -0.05) is 13.3 Å². The Kier molecular flexibility index (Phi) is 15.1. The van der Waals surface area contributed by atoms with Gasteiger partial charge in [0.2, 0.25) is 0 Å². The van der Waals surface area contributed by atoms with Crippen LogP contribution in [0.25, 0.3) is 0 Å². The summed E-state index contributed by atoms with van der Waals surface area (Å²) in [6.45, 7) is 13.3. The van der Waals surface area contributed by atoms with Crippen molar-refractivity contribution >= 4 is 32.9 Å². The molecule has 0 saturated carbocycles. The third-order valence-electron chi connectivity index (χ3n) is 4.91. The fourth-order valence-corrected chi connectivity index (χ4v) is 9.19. The van der Waals surface area contributed by atoms with E-state index in [0.717, 1.165) is 12.8 Å². The number of unbranched alkanes of at least 4 members (excludes halogenated alkanes) is 1. The molecule has 204 valence electrons. The highest BCUT2D eigenvalue weighted by Crippen LogP contribution is 2.65. The molecule has 0 radical (unpaired) electrons. The van der Waals surface area contributed by atoms with Gasteiger partial charge in [0, 0.05) is 5.56 Å². The molecule has 1 rings (SSSR count). The SMILES string of the molecule is CCCCSC(C(=O)OCC)C(c1cc(CP(=O)(OCC)OCC)c(C)o1)P(=O)(OCC)OCC. The van der Waals surface area contributed by atoms with Gasteiger partial charge in [-0.15, -0.1) is 11.8 Å². The molecule has 1 aromatic rings. The summed E-state index contributed by atoms with van der Waals surface area (Å²) in [6.07, 6.45) is 1.79. The Morgan fingerprint density at radius 3 is 2.00 bits per heavy atom. The molecule has 1 aromatic heterocycles. The monoisotopic (exact) mass is 556 g/mol. The number of aryl methyl sites for hydroxylation is 1. The predicted octanol–water partition coefficient (Wildman–Crippen LogP) is 7.13. The van der Waals surface area contributed by atoms with Crippen molar-refractivity contribution in [3.8, 4) is 0 Å². The normalized spacial score (nSPS) is 14.1. The topological polar surface area (TPSA) is 111 Å². The maximum absolute atomic E-state index is 14.1. The first-order valence-electron chi connectivity index (χ1n) is 12.3. The average Bonchev–Trinajstić information content (AvgIpc) is 3.12. The van der Waals surface area contributed by atoms with Crippen LogP contribution < -0.4 is 0 Å². The van der Waals surface area contributed by atoms with Crippen LogP contribution >= 0.6 is 27.0 Å². The lowest BCUT2D eigenvalue weighted by molar-refractivity contribution is -0.142. The van der Waals surface area contributed by atoms with Crippen molar-refractivity contribution < 1.29 is 41.2 Å². The summed E-state index contributed by atoms with van der Waals surface area (Å²) < 4.78 is 60.9. The number of carbonyl (C=O) groups is 1. The van der Waals surface area contributed by atoms with Gasteiger partial charge in [-0.3, -0.25) is 13.9 Å². The van der Waals surface area contributed by atoms with Gasteiger partial charge in [0.05, 0.1) is 39.2 Å². The van der Waals surface area contributed by atoms with Crippen molar-refractivity contribution in [1.82, 2.24) is 0 Å². The number of rotatable bonds is 19. The Morgan fingerprint density at radius 1 is 0.943 bits per heavy atom. The molecule has 12 heteroatoms. The summed E-state index contributed by atoms with van der Waals surface area (Å²) in [5.41, 5.74) is -0.467. The quantitative estimate of drug-likeness (QED) is 0.0991. The third-order valence-corrected chi connectivity index (χ3v) is 11.0. The van der Waals surface area contributed by atoms with Crippen molar-refractivity contribution in [2.75, 3.05) is 38.8 Å². The van der Waals surface area contributed by atoms with Crippen LogP contribution in [0.4, 0.5) is 0 Å². The van der Waals surface area contributed by atoms with Crippen LogP contribution in [0.5, 0.6) is 0 Å². The summed E-state index contributed by atoms with van der Waals surface area (Å²) in [5.74, 6) is 0.864. The number of ether oxygens (including phenoxy) is 1. The fraction of sp³-hybridized carbons (Fsp3) is 0.783. The van der Waals surface area contributed by atoms with Gasteiger partial charge in [-0.25, -0.2) is 0 Å². The van der Waals surface area contributed by atoms with Crippen molar-refractivity contribution in [3.05, 3.63) is 23.2 Å². The van der Waals surface area contributed by atoms with Crippen molar-refractivity contribution in [2.24, 2.45) is 0 Å². The van der Waals surface area contributed by atoms with E-state index >= 15 is 0 Å². The van der Waals surface area contributed by atoms with Gasteiger partial charge in [0.15, 0.2) is 0 Å². The van der Waals surface area contributed by atoms with E-state index in [4.69, 9.17) is 27.2 Å². The molecule has 0 spiro atoms. The Bertz CT molecular complexity index is 838. The van der Waals surface area contributed by atoms with Gasteiger partial charge in [-0.05, 0) is 59.8 Å². The van der Waals surface area contributed by atoms with Gasteiger partial charge in [0.1, 0.15) is 22.4 Å². The van der Waals surface area contributed by atoms with E-state index in [1.807, 2.05) is 0 Å². The second-order valence-electron chi connectivity index (χ2n) is 7.55. The molecule has 0 saturated heterocycles. The molecule has 0 aliphatic heterocycles. The molecule has 0 aromatic carbocycles. The van der Waals surface area contributed by atoms with Crippen LogP contribution in [0.2, 0.25) is 0 Å². The summed E-state index contributed by atoms with van der Waals surface area (Å²) in [6, 6.07) is 1.65. The number of hydrogen-bond donors (Lipinski definition) is 0. The van der Waals surface area contributed by atoms with E-state index in [-0.39, 0.29) is 45.0 Å². The molecule has 35 heavy (non-hydrogen) atoms. The largest absolute Gasteiger partial charge is 0.465 e. The zero-order chi connectivity index (χ0) is 26.5. The maximum atomic E-state index is 14.1. The highest BCUT2D eigenvalue weighted by molar-refractivity contribution is 8.00. The Hall–Kier alpha value is -0.600.